The number of aliphatic carboxylic acids is 1. The number of alkyl halides is 2. The second-order valence-electron chi connectivity index (χ2n) is 3.49. The fourth-order valence-corrected chi connectivity index (χ4v) is 1.42. The third kappa shape index (κ3) is 4.02. The quantitative estimate of drug-likeness (QED) is 0.506. The second kappa shape index (κ2) is 5.89. The van der Waals surface area contributed by atoms with Crippen LogP contribution in [-0.4, -0.2) is 22.6 Å². The molecule has 0 fully saturated rings. The van der Waals surface area contributed by atoms with Crippen LogP contribution in [0.3, 0.4) is 0 Å². The molecule has 0 atom stereocenters. The average Bonchev–Trinajstić information content (AvgIpc) is 2.28. The summed E-state index contributed by atoms with van der Waals surface area (Å²) in [5.41, 5.74) is -0.335. The summed E-state index contributed by atoms with van der Waals surface area (Å²) < 4.78 is 28.7. The lowest BCUT2D eigenvalue weighted by Crippen LogP contribution is -2.05. The Morgan fingerprint density at radius 3 is 2.63 bits per heavy atom. The molecule has 0 aliphatic rings. The van der Waals surface area contributed by atoms with E-state index in [1.165, 1.54) is 6.92 Å². The van der Waals surface area contributed by atoms with Crippen molar-refractivity contribution in [2.24, 2.45) is 0 Å². The van der Waals surface area contributed by atoms with E-state index in [1.54, 1.807) is 0 Å². The Morgan fingerprint density at radius 2 is 2.16 bits per heavy atom. The molecule has 0 radical (unpaired) electrons. The first-order valence-electron chi connectivity index (χ1n) is 4.96. The van der Waals surface area contributed by atoms with Crippen LogP contribution in [0.25, 0.3) is 6.08 Å². The summed E-state index contributed by atoms with van der Waals surface area (Å²) in [5, 5.41) is 19.1. The van der Waals surface area contributed by atoms with Crippen molar-refractivity contribution in [1.29, 1.82) is 0 Å². The van der Waals surface area contributed by atoms with E-state index in [4.69, 9.17) is 5.11 Å². The van der Waals surface area contributed by atoms with Crippen molar-refractivity contribution < 1.29 is 28.3 Å². The molecule has 0 saturated carbocycles. The summed E-state index contributed by atoms with van der Waals surface area (Å²) in [4.78, 5) is 20.3. The monoisotopic (exact) mass is 273 g/mol. The van der Waals surface area contributed by atoms with E-state index in [0.29, 0.717) is 6.08 Å². The zero-order chi connectivity index (χ0) is 14.6. The van der Waals surface area contributed by atoms with Crippen LogP contribution in [0.5, 0.6) is 5.75 Å². The van der Waals surface area contributed by atoms with Crippen molar-refractivity contribution in [1.82, 2.24) is 0 Å². The van der Waals surface area contributed by atoms with Gasteiger partial charge in [0.25, 0.3) is 5.69 Å². The van der Waals surface area contributed by atoms with Gasteiger partial charge in [-0.3, -0.25) is 10.1 Å². The molecule has 1 N–H and O–H groups in total. The van der Waals surface area contributed by atoms with Gasteiger partial charge in [-0.05, 0) is 18.6 Å². The lowest BCUT2D eigenvalue weighted by Gasteiger charge is -2.11. The number of carboxylic acids is 1. The minimum atomic E-state index is -3.11. The highest BCUT2D eigenvalue weighted by Crippen LogP contribution is 2.31. The number of benzene rings is 1. The number of nitro benzene ring substituents is 1. The van der Waals surface area contributed by atoms with Crippen LogP contribution in [-0.2, 0) is 4.79 Å². The zero-order valence-corrected chi connectivity index (χ0v) is 9.67. The molecule has 1 aromatic carbocycles. The molecule has 6 nitrogen and oxygen atoms in total. The lowest BCUT2D eigenvalue weighted by atomic mass is 10.1. The molecule has 0 aliphatic carbocycles. The molecule has 0 bridgehead atoms. The number of hydrogen-bond donors (Lipinski definition) is 1. The standard InChI is InChI=1S/C11H9F2NO5/c1-6-4-8(14(17)18)5-7(2-3-9(15)16)10(6)19-11(12)13/h2-5,11H,1H3,(H,15,16)/b3-2+. The molecule has 1 aromatic rings. The molecule has 0 spiro atoms. The van der Waals surface area contributed by atoms with Crippen LogP contribution in [0.2, 0.25) is 0 Å². The minimum Gasteiger partial charge on any atom is -0.478 e. The third-order valence-corrected chi connectivity index (χ3v) is 2.11. The van der Waals surface area contributed by atoms with Gasteiger partial charge in [0, 0.05) is 23.8 Å². The number of nitrogens with zero attached hydrogens (tertiary/aromatic N) is 1. The molecule has 0 aromatic heterocycles. The van der Waals surface area contributed by atoms with Crippen LogP contribution in [0.1, 0.15) is 11.1 Å². The number of rotatable bonds is 5. The Balaban J connectivity index is 3.34. The molecular weight excluding hydrogens is 264 g/mol. The predicted octanol–water partition coefficient (Wildman–Crippen LogP) is 2.60. The van der Waals surface area contributed by atoms with E-state index < -0.39 is 17.5 Å². The largest absolute Gasteiger partial charge is 0.478 e. The van der Waals surface area contributed by atoms with Crippen molar-refractivity contribution in [3.63, 3.8) is 0 Å². The Hall–Kier alpha value is -2.51. The SMILES string of the molecule is Cc1cc([N+](=O)[O-])cc(/C=C/C(=O)O)c1OC(F)F. The molecule has 1 rings (SSSR count). The summed E-state index contributed by atoms with van der Waals surface area (Å²) in [5.74, 6) is -1.61. The lowest BCUT2D eigenvalue weighted by molar-refractivity contribution is -0.385. The first-order chi connectivity index (χ1) is 8.81. The number of non-ortho nitro benzene ring substituents is 1. The third-order valence-electron chi connectivity index (χ3n) is 2.11. The van der Waals surface area contributed by atoms with Crippen molar-refractivity contribution in [3.05, 3.63) is 39.4 Å². The fraction of sp³-hybridized carbons (Fsp3) is 0.182. The molecule has 0 amide bonds. The maximum Gasteiger partial charge on any atom is 0.387 e. The van der Waals surface area contributed by atoms with Crippen molar-refractivity contribution in [3.8, 4) is 5.75 Å². The van der Waals surface area contributed by atoms with E-state index in [2.05, 4.69) is 4.74 Å². The van der Waals surface area contributed by atoms with Crippen molar-refractivity contribution >= 4 is 17.7 Å². The molecule has 0 heterocycles. The van der Waals surface area contributed by atoms with Gasteiger partial charge in [-0.25, -0.2) is 4.79 Å². The van der Waals surface area contributed by atoms with Crippen molar-refractivity contribution in [2.75, 3.05) is 0 Å². The van der Waals surface area contributed by atoms with Crippen LogP contribution in [0.15, 0.2) is 18.2 Å². The summed E-state index contributed by atoms with van der Waals surface area (Å²) >= 11 is 0. The predicted molar refractivity (Wildman–Crippen MR) is 61.1 cm³/mol. The minimum absolute atomic E-state index is 0.102. The first kappa shape index (κ1) is 14.6. The number of carboxylic acid groups (broad SMARTS) is 1. The van der Waals surface area contributed by atoms with E-state index in [9.17, 15) is 23.7 Å². The van der Waals surface area contributed by atoms with E-state index >= 15 is 0 Å². The number of halogens is 2. The topological polar surface area (TPSA) is 89.7 Å². The maximum atomic E-state index is 12.2. The van der Waals surface area contributed by atoms with Crippen molar-refractivity contribution in [2.45, 2.75) is 13.5 Å². The molecule has 102 valence electrons. The van der Waals surface area contributed by atoms with Crippen LogP contribution in [0, 0.1) is 17.0 Å². The van der Waals surface area contributed by atoms with Gasteiger partial charge >= 0.3 is 12.6 Å². The molecule has 0 unspecified atom stereocenters. The van der Waals surface area contributed by atoms with Gasteiger partial charge in [-0.2, -0.15) is 8.78 Å². The second-order valence-corrected chi connectivity index (χ2v) is 3.49. The smallest absolute Gasteiger partial charge is 0.387 e. The maximum absolute atomic E-state index is 12.2. The summed E-state index contributed by atoms with van der Waals surface area (Å²) in [6.07, 6.45) is 1.64. The molecular formula is C11H9F2NO5. The Labute approximate surface area is 106 Å². The molecule has 0 saturated heterocycles. The van der Waals surface area contributed by atoms with Gasteiger partial charge in [0.2, 0.25) is 0 Å². The Morgan fingerprint density at radius 1 is 1.53 bits per heavy atom. The Bertz CT molecular complexity index is 542. The van der Waals surface area contributed by atoms with Gasteiger partial charge in [-0.15, -0.1) is 0 Å². The van der Waals surface area contributed by atoms with Crippen LogP contribution >= 0.6 is 0 Å². The summed E-state index contributed by atoms with van der Waals surface area (Å²) in [6.45, 7) is -1.76. The van der Waals surface area contributed by atoms with E-state index in [-0.39, 0.29) is 22.6 Å². The Kier molecular flexibility index (Phi) is 4.51. The number of nitro groups is 1. The van der Waals surface area contributed by atoms with Crippen LogP contribution in [0.4, 0.5) is 14.5 Å². The number of aryl methyl sites for hydroxylation is 1. The normalized spacial score (nSPS) is 10.9. The van der Waals surface area contributed by atoms with E-state index in [1.807, 2.05) is 0 Å². The zero-order valence-electron chi connectivity index (χ0n) is 9.67. The van der Waals surface area contributed by atoms with Gasteiger partial charge in [0.1, 0.15) is 5.75 Å². The number of hydrogen-bond acceptors (Lipinski definition) is 4. The number of ether oxygens (including phenoxy) is 1. The number of carbonyl (C=O) groups is 1. The summed E-state index contributed by atoms with van der Waals surface area (Å²) in [7, 11) is 0. The van der Waals surface area contributed by atoms with E-state index in [0.717, 1.165) is 18.2 Å². The van der Waals surface area contributed by atoms with Gasteiger partial charge in [-0.1, -0.05) is 0 Å². The highest BCUT2D eigenvalue weighted by molar-refractivity contribution is 5.86. The highest BCUT2D eigenvalue weighted by Gasteiger charge is 2.17. The molecule has 19 heavy (non-hydrogen) atoms. The van der Waals surface area contributed by atoms with Gasteiger partial charge in [0.15, 0.2) is 0 Å². The molecule has 0 aliphatic heterocycles. The highest BCUT2D eigenvalue weighted by atomic mass is 19.3. The van der Waals surface area contributed by atoms with Gasteiger partial charge in [0.05, 0.1) is 4.92 Å². The van der Waals surface area contributed by atoms with Gasteiger partial charge < -0.3 is 9.84 Å². The fourth-order valence-electron chi connectivity index (χ4n) is 1.42. The van der Waals surface area contributed by atoms with Crippen LogP contribution < -0.4 is 4.74 Å². The first-order valence-corrected chi connectivity index (χ1v) is 4.96. The molecule has 8 heteroatoms. The summed E-state index contributed by atoms with van der Waals surface area (Å²) in [6, 6.07) is 2.03. The average molecular weight is 273 g/mol.